The number of carbonyl (C=O) groups excluding carboxylic acids is 1. The molecule has 2 aromatic rings. The van der Waals surface area contributed by atoms with E-state index in [9.17, 15) is 9.59 Å². The van der Waals surface area contributed by atoms with Crippen LogP contribution >= 0.6 is 0 Å². The first kappa shape index (κ1) is 12.9. The Balaban J connectivity index is 2.35. The number of aromatic amines is 1. The summed E-state index contributed by atoms with van der Waals surface area (Å²) in [5.41, 5.74) is 1.68. The highest BCUT2D eigenvalue weighted by molar-refractivity contribution is 6.10. The Morgan fingerprint density at radius 1 is 1.21 bits per heavy atom. The van der Waals surface area contributed by atoms with Crippen molar-refractivity contribution in [2.45, 2.75) is 6.92 Å². The molecule has 0 unspecified atom stereocenters. The van der Waals surface area contributed by atoms with Crippen LogP contribution in [0.15, 0.2) is 30.5 Å². The molecule has 0 amide bonds. The zero-order valence-electron chi connectivity index (χ0n) is 10.6. The molecule has 2 N–H and O–H groups in total. The van der Waals surface area contributed by atoms with Gasteiger partial charge >= 0.3 is 5.97 Å². The highest BCUT2D eigenvalue weighted by Gasteiger charge is 2.15. The number of hydrogen-bond acceptors (Lipinski definition) is 3. The molecule has 0 spiro atoms. The number of rotatable bonds is 4. The zero-order valence-corrected chi connectivity index (χ0v) is 10.6. The summed E-state index contributed by atoms with van der Waals surface area (Å²) in [6.07, 6.45) is 1.39. The molecule has 1 aromatic carbocycles. The molecular weight excluding hydrogens is 246 g/mol. The van der Waals surface area contributed by atoms with Gasteiger partial charge in [-0.05, 0) is 24.6 Å². The number of aryl methyl sites for hydroxylation is 1. The number of methoxy groups -OCH3 is 1. The Bertz CT molecular complexity index is 643. The molecule has 5 heteroatoms. The summed E-state index contributed by atoms with van der Waals surface area (Å²) in [5, 5.41) is 8.81. The van der Waals surface area contributed by atoms with E-state index in [2.05, 4.69) is 4.98 Å². The maximum atomic E-state index is 12.2. The molecule has 1 aromatic heterocycles. The van der Waals surface area contributed by atoms with E-state index in [1.807, 2.05) is 6.92 Å². The molecule has 2 rings (SSSR count). The van der Waals surface area contributed by atoms with Gasteiger partial charge in [0.05, 0.1) is 7.11 Å². The van der Waals surface area contributed by atoms with E-state index in [1.165, 1.54) is 19.4 Å². The first-order valence-corrected chi connectivity index (χ1v) is 5.64. The van der Waals surface area contributed by atoms with Crippen molar-refractivity contribution < 1.29 is 19.4 Å². The monoisotopic (exact) mass is 259 g/mol. The van der Waals surface area contributed by atoms with Crippen LogP contribution in [0.5, 0.6) is 5.75 Å². The first-order chi connectivity index (χ1) is 9.02. The molecule has 0 aliphatic carbocycles. The van der Waals surface area contributed by atoms with Gasteiger partial charge in [-0.25, -0.2) is 4.79 Å². The minimum absolute atomic E-state index is 0.0116. The molecule has 5 nitrogen and oxygen atoms in total. The quantitative estimate of drug-likeness (QED) is 0.825. The molecule has 0 fully saturated rings. The fraction of sp³-hybridized carbons (Fsp3) is 0.143. The summed E-state index contributed by atoms with van der Waals surface area (Å²) in [4.78, 5) is 25.5. The van der Waals surface area contributed by atoms with Gasteiger partial charge in [0.15, 0.2) is 5.78 Å². The van der Waals surface area contributed by atoms with E-state index in [4.69, 9.17) is 9.84 Å². The first-order valence-electron chi connectivity index (χ1n) is 5.64. The molecule has 0 aliphatic heterocycles. The predicted molar refractivity (Wildman–Crippen MR) is 68.9 cm³/mol. The van der Waals surface area contributed by atoms with E-state index in [1.54, 1.807) is 18.2 Å². The SMILES string of the molecule is COc1cc(C(=O)c2c[nH]c(C(=O)O)c2)ccc1C. The maximum absolute atomic E-state index is 12.2. The standard InChI is InChI=1S/C14H13NO4/c1-8-3-4-9(6-12(8)19-2)13(16)10-5-11(14(17)18)15-7-10/h3-7,15H,1-2H3,(H,17,18). The molecule has 19 heavy (non-hydrogen) atoms. The number of hydrogen-bond donors (Lipinski definition) is 2. The summed E-state index contributed by atoms with van der Waals surface area (Å²) < 4.78 is 5.16. The third-order valence-corrected chi connectivity index (χ3v) is 2.85. The lowest BCUT2D eigenvalue weighted by molar-refractivity contribution is 0.0691. The van der Waals surface area contributed by atoms with Crippen LogP contribution in [-0.4, -0.2) is 29.0 Å². The van der Waals surface area contributed by atoms with Crippen molar-refractivity contribution in [2.75, 3.05) is 7.11 Å². The Morgan fingerprint density at radius 3 is 2.53 bits per heavy atom. The van der Waals surface area contributed by atoms with Crippen molar-refractivity contribution >= 4 is 11.8 Å². The van der Waals surface area contributed by atoms with E-state index < -0.39 is 5.97 Å². The Kier molecular flexibility index (Phi) is 3.37. The average molecular weight is 259 g/mol. The lowest BCUT2D eigenvalue weighted by atomic mass is 10.0. The molecule has 98 valence electrons. The molecule has 0 radical (unpaired) electrons. The Labute approximate surface area is 109 Å². The van der Waals surface area contributed by atoms with Crippen molar-refractivity contribution in [1.82, 2.24) is 4.98 Å². The summed E-state index contributed by atoms with van der Waals surface area (Å²) >= 11 is 0. The number of ketones is 1. The number of carbonyl (C=O) groups is 2. The zero-order chi connectivity index (χ0) is 14.0. The van der Waals surface area contributed by atoms with Crippen molar-refractivity contribution in [3.8, 4) is 5.75 Å². The Hall–Kier alpha value is -2.56. The molecule has 1 heterocycles. The van der Waals surface area contributed by atoms with Crippen molar-refractivity contribution in [3.05, 3.63) is 52.8 Å². The van der Waals surface area contributed by atoms with Crippen molar-refractivity contribution in [3.63, 3.8) is 0 Å². The number of ether oxygens (including phenoxy) is 1. The lowest BCUT2D eigenvalue weighted by Crippen LogP contribution is -2.01. The topological polar surface area (TPSA) is 79.4 Å². The molecular formula is C14H13NO4. The van der Waals surface area contributed by atoms with Crippen LogP contribution in [0, 0.1) is 6.92 Å². The van der Waals surface area contributed by atoms with Gasteiger partial charge in [-0.1, -0.05) is 12.1 Å². The third-order valence-electron chi connectivity index (χ3n) is 2.85. The fourth-order valence-corrected chi connectivity index (χ4v) is 1.78. The fourth-order valence-electron chi connectivity index (χ4n) is 1.78. The molecule has 0 saturated carbocycles. The molecule has 0 atom stereocenters. The van der Waals surface area contributed by atoms with Crippen molar-refractivity contribution in [2.24, 2.45) is 0 Å². The highest BCUT2D eigenvalue weighted by Crippen LogP contribution is 2.21. The summed E-state index contributed by atoms with van der Waals surface area (Å²) in [6.45, 7) is 1.88. The average Bonchev–Trinajstić information content (AvgIpc) is 2.88. The number of aromatic carboxylic acids is 1. The number of nitrogens with one attached hydrogen (secondary N) is 1. The number of carboxylic acids is 1. The van der Waals surface area contributed by atoms with Crippen molar-refractivity contribution in [1.29, 1.82) is 0 Å². The maximum Gasteiger partial charge on any atom is 0.352 e. The minimum atomic E-state index is -1.10. The van der Waals surface area contributed by atoms with E-state index in [-0.39, 0.29) is 11.5 Å². The third kappa shape index (κ3) is 2.49. The van der Waals surface area contributed by atoms with Gasteiger partial charge < -0.3 is 14.8 Å². The van der Waals surface area contributed by atoms with Gasteiger partial charge in [-0.15, -0.1) is 0 Å². The van der Waals surface area contributed by atoms with Gasteiger partial charge in [-0.3, -0.25) is 4.79 Å². The number of aromatic nitrogens is 1. The van der Waals surface area contributed by atoms with E-state index >= 15 is 0 Å². The Morgan fingerprint density at radius 2 is 1.95 bits per heavy atom. The van der Waals surface area contributed by atoms with Gasteiger partial charge in [0, 0.05) is 17.3 Å². The van der Waals surface area contributed by atoms with Gasteiger partial charge in [0.1, 0.15) is 11.4 Å². The van der Waals surface area contributed by atoms with Crippen LogP contribution in [-0.2, 0) is 0 Å². The normalized spacial score (nSPS) is 10.2. The number of carboxylic acid groups (broad SMARTS) is 1. The second-order valence-corrected chi connectivity index (χ2v) is 4.12. The molecule has 0 bridgehead atoms. The molecule has 0 saturated heterocycles. The highest BCUT2D eigenvalue weighted by atomic mass is 16.5. The minimum Gasteiger partial charge on any atom is -0.496 e. The number of H-pyrrole nitrogens is 1. The van der Waals surface area contributed by atoms with Crippen LogP contribution in [0.3, 0.4) is 0 Å². The largest absolute Gasteiger partial charge is 0.496 e. The van der Waals surface area contributed by atoms with Crippen LogP contribution < -0.4 is 4.74 Å². The van der Waals surface area contributed by atoms with E-state index in [0.717, 1.165) is 5.56 Å². The second kappa shape index (κ2) is 4.97. The van der Waals surface area contributed by atoms with Gasteiger partial charge in [-0.2, -0.15) is 0 Å². The molecule has 0 aliphatic rings. The summed E-state index contributed by atoms with van der Waals surface area (Å²) in [5.74, 6) is -0.720. The van der Waals surface area contributed by atoms with E-state index in [0.29, 0.717) is 16.9 Å². The predicted octanol–water partition coefficient (Wildman–Crippen LogP) is 2.26. The van der Waals surface area contributed by atoms with Crippen LogP contribution in [0.4, 0.5) is 0 Å². The smallest absolute Gasteiger partial charge is 0.352 e. The van der Waals surface area contributed by atoms with Crippen LogP contribution in [0.1, 0.15) is 32.0 Å². The second-order valence-electron chi connectivity index (χ2n) is 4.12. The van der Waals surface area contributed by atoms with Gasteiger partial charge in [0.25, 0.3) is 0 Å². The number of benzene rings is 1. The van der Waals surface area contributed by atoms with Crippen LogP contribution in [0.25, 0.3) is 0 Å². The van der Waals surface area contributed by atoms with Gasteiger partial charge in [0.2, 0.25) is 0 Å². The lowest BCUT2D eigenvalue weighted by Gasteiger charge is -2.06. The summed E-state index contributed by atoms with van der Waals surface area (Å²) in [6, 6.07) is 6.44. The summed E-state index contributed by atoms with van der Waals surface area (Å²) in [7, 11) is 1.54. The van der Waals surface area contributed by atoms with Crippen LogP contribution in [0.2, 0.25) is 0 Å².